The van der Waals surface area contributed by atoms with E-state index in [2.05, 4.69) is 70.4 Å². The second kappa shape index (κ2) is 8.52. The van der Waals surface area contributed by atoms with Crippen molar-refractivity contribution in [1.29, 1.82) is 0 Å². The highest BCUT2D eigenvalue weighted by Crippen LogP contribution is 2.32. The van der Waals surface area contributed by atoms with E-state index in [0.717, 1.165) is 44.0 Å². The highest BCUT2D eigenvalue weighted by molar-refractivity contribution is 5.46. The van der Waals surface area contributed by atoms with Crippen LogP contribution in [-0.2, 0) is 5.54 Å². The molecule has 0 amide bonds. The van der Waals surface area contributed by atoms with Crippen molar-refractivity contribution in [2.24, 2.45) is 0 Å². The summed E-state index contributed by atoms with van der Waals surface area (Å²) in [5.41, 5.74) is 2.04. The monoisotopic (exact) mass is 408 g/mol. The first-order valence-electron chi connectivity index (χ1n) is 10.6. The van der Waals surface area contributed by atoms with Crippen molar-refractivity contribution < 1.29 is 4.39 Å². The van der Waals surface area contributed by atoms with E-state index in [1.165, 1.54) is 17.8 Å². The molecule has 0 N–H and O–H groups in total. The number of halogens is 1. The molecule has 1 fully saturated rings. The van der Waals surface area contributed by atoms with Gasteiger partial charge in [-0.1, -0.05) is 37.3 Å². The summed E-state index contributed by atoms with van der Waals surface area (Å²) in [5, 5.41) is 12.8. The third-order valence-electron chi connectivity index (χ3n) is 6.16. The molecule has 0 saturated carbocycles. The zero-order chi connectivity index (χ0) is 21.1. The summed E-state index contributed by atoms with van der Waals surface area (Å²) in [6.07, 6.45) is 0.906. The highest BCUT2D eigenvalue weighted by atomic mass is 19.1. The van der Waals surface area contributed by atoms with Crippen molar-refractivity contribution in [3.63, 3.8) is 0 Å². The van der Waals surface area contributed by atoms with Crippen LogP contribution in [0.15, 0.2) is 54.6 Å². The van der Waals surface area contributed by atoms with Crippen molar-refractivity contribution in [1.82, 2.24) is 25.1 Å². The Morgan fingerprint density at radius 2 is 1.63 bits per heavy atom. The minimum Gasteiger partial charge on any atom is -0.369 e. The number of rotatable bonds is 6. The van der Waals surface area contributed by atoms with E-state index >= 15 is 0 Å². The van der Waals surface area contributed by atoms with Gasteiger partial charge in [0.05, 0.1) is 11.6 Å². The van der Waals surface area contributed by atoms with Gasteiger partial charge in [-0.25, -0.2) is 9.07 Å². The van der Waals surface area contributed by atoms with Crippen molar-refractivity contribution in [3.05, 3.63) is 71.8 Å². The van der Waals surface area contributed by atoms with Gasteiger partial charge in [0, 0.05) is 31.9 Å². The Kier molecular flexibility index (Phi) is 5.81. The summed E-state index contributed by atoms with van der Waals surface area (Å²) in [5.74, 6) is 0.571. The zero-order valence-electron chi connectivity index (χ0n) is 17.9. The third-order valence-corrected chi connectivity index (χ3v) is 6.16. The van der Waals surface area contributed by atoms with E-state index in [1.54, 1.807) is 0 Å². The van der Waals surface area contributed by atoms with Gasteiger partial charge in [-0.05, 0) is 60.5 Å². The SMILES string of the molecule is CCC(C)(C)n1nnnc1[C@@H](c1ccc(F)cc1)N1CCN(c2ccccc2)CC1. The Bertz CT molecular complexity index is 945. The molecule has 0 aliphatic carbocycles. The molecule has 0 radical (unpaired) electrons. The first kappa shape index (κ1) is 20.5. The molecule has 0 spiro atoms. The van der Waals surface area contributed by atoms with Gasteiger partial charge >= 0.3 is 0 Å². The summed E-state index contributed by atoms with van der Waals surface area (Å²) in [6.45, 7) is 9.99. The van der Waals surface area contributed by atoms with Gasteiger partial charge in [-0.15, -0.1) is 5.10 Å². The van der Waals surface area contributed by atoms with Crippen LogP contribution in [0.2, 0.25) is 0 Å². The Morgan fingerprint density at radius 1 is 0.967 bits per heavy atom. The maximum absolute atomic E-state index is 13.6. The molecule has 7 heteroatoms. The number of anilines is 1. The fourth-order valence-corrected chi connectivity index (χ4v) is 3.99. The molecule has 1 aliphatic heterocycles. The van der Waals surface area contributed by atoms with Gasteiger partial charge in [0.25, 0.3) is 0 Å². The van der Waals surface area contributed by atoms with Crippen LogP contribution in [-0.4, -0.2) is 51.3 Å². The van der Waals surface area contributed by atoms with Gasteiger partial charge < -0.3 is 4.90 Å². The second-order valence-corrected chi connectivity index (χ2v) is 8.43. The summed E-state index contributed by atoms with van der Waals surface area (Å²) >= 11 is 0. The zero-order valence-corrected chi connectivity index (χ0v) is 17.9. The average molecular weight is 409 g/mol. The third kappa shape index (κ3) is 4.07. The Morgan fingerprint density at radius 3 is 2.27 bits per heavy atom. The normalized spacial score (nSPS) is 16.6. The van der Waals surface area contributed by atoms with Gasteiger partial charge in [0.2, 0.25) is 0 Å². The molecule has 6 nitrogen and oxygen atoms in total. The first-order valence-corrected chi connectivity index (χ1v) is 10.6. The number of piperazine rings is 1. The van der Waals surface area contributed by atoms with Crippen LogP contribution in [0.4, 0.5) is 10.1 Å². The van der Waals surface area contributed by atoms with Crippen molar-refractivity contribution in [3.8, 4) is 0 Å². The van der Waals surface area contributed by atoms with E-state index in [4.69, 9.17) is 0 Å². The van der Waals surface area contributed by atoms with E-state index < -0.39 is 0 Å². The molecule has 1 atom stereocenters. The lowest BCUT2D eigenvalue weighted by atomic mass is 9.99. The number of tetrazole rings is 1. The Labute approximate surface area is 177 Å². The van der Waals surface area contributed by atoms with Crippen molar-refractivity contribution >= 4 is 5.69 Å². The van der Waals surface area contributed by atoms with E-state index in [1.807, 2.05) is 22.9 Å². The number of para-hydroxylation sites is 1. The molecule has 158 valence electrons. The standard InChI is InChI=1S/C23H29FN6/c1-4-23(2,3)30-22(25-26-27-30)21(18-10-12-19(24)13-11-18)29-16-14-28(15-17-29)20-8-6-5-7-9-20/h5-13,21H,4,14-17H2,1-3H3/t21-/m1/s1. The Hall–Kier alpha value is -2.80. The van der Waals surface area contributed by atoms with Gasteiger partial charge in [0.15, 0.2) is 5.82 Å². The van der Waals surface area contributed by atoms with Gasteiger partial charge in [-0.3, -0.25) is 4.90 Å². The molecule has 3 aromatic rings. The smallest absolute Gasteiger partial charge is 0.173 e. The summed E-state index contributed by atoms with van der Waals surface area (Å²) < 4.78 is 15.6. The molecular weight excluding hydrogens is 379 g/mol. The molecule has 2 aromatic carbocycles. The molecule has 2 heterocycles. The van der Waals surface area contributed by atoms with E-state index in [9.17, 15) is 4.39 Å². The van der Waals surface area contributed by atoms with Crippen molar-refractivity contribution in [2.45, 2.75) is 38.8 Å². The lowest BCUT2D eigenvalue weighted by molar-refractivity contribution is 0.187. The largest absolute Gasteiger partial charge is 0.369 e. The van der Waals surface area contributed by atoms with Crippen LogP contribution in [0.5, 0.6) is 0 Å². The maximum Gasteiger partial charge on any atom is 0.173 e. The van der Waals surface area contributed by atoms with Gasteiger partial charge in [-0.2, -0.15) is 0 Å². The molecule has 4 rings (SSSR count). The Balaban J connectivity index is 1.65. The average Bonchev–Trinajstić information content (AvgIpc) is 3.27. The molecular formula is C23H29FN6. The fraction of sp³-hybridized carbons (Fsp3) is 0.435. The molecule has 1 saturated heterocycles. The molecule has 0 bridgehead atoms. The molecule has 1 aliphatic rings. The van der Waals surface area contributed by atoms with Crippen LogP contribution >= 0.6 is 0 Å². The highest BCUT2D eigenvalue weighted by Gasteiger charge is 2.34. The minimum atomic E-state index is -0.236. The lowest BCUT2D eigenvalue weighted by Crippen LogP contribution is -2.48. The predicted molar refractivity (Wildman–Crippen MR) is 116 cm³/mol. The maximum atomic E-state index is 13.6. The topological polar surface area (TPSA) is 50.1 Å². The van der Waals surface area contributed by atoms with Crippen molar-refractivity contribution in [2.75, 3.05) is 31.1 Å². The van der Waals surface area contributed by atoms with Crippen LogP contribution in [0.1, 0.15) is 44.6 Å². The van der Waals surface area contributed by atoms with E-state index in [0.29, 0.717) is 0 Å². The minimum absolute atomic E-state index is 0.121. The first-order chi connectivity index (χ1) is 14.5. The second-order valence-electron chi connectivity index (χ2n) is 8.43. The van der Waals surface area contributed by atoms with Crippen LogP contribution in [0.3, 0.4) is 0 Å². The van der Waals surface area contributed by atoms with Crippen LogP contribution < -0.4 is 4.90 Å². The van der Waals surface area contributed by atoms with Crippen LogP contribution in [0.25, 0.3) is 0 Å². The van der Waals surface area contributed by atoms with E-state index in [-0.39, 0.29) is 17.4 Å². The summed E-state index contributed by atoms with van der Waals surface area (Å²) in [4.78, 5) is 4.80. The molecule has 1 aromatic heterocycles. The molecule has 30 heavy (non-hydrogen) atoms. The summed E-state index contributed by atoms with van der Waals surface area (Å²) in [6, 6.07) is 17.1. The number of hydrogen-bond acceptors (Lipinski definition) is 5. The number of nitrogens with zero attached hydrogens (tertiary/aromatic N) is 6. The summed E-state index contributed by atoms with van der Waals surface area (Å²) in [7, 11) is 0. The number of aromatic nitrogens is 4. The van der Waals surface area contributed by atoms with Crippen LogP contribution in [0, 0.1) is 5.82 Å². The lowest BCUT2D eigenvalue weighted by Gasteiger charge is -2.40. The number of hydrogen-bond donors (Lipinski definition) is 0. The van der Waals surface area contributed by atoms with Gasteiger partial charge in [0.1, 0.15) is 5.82 Å². The number of benzene rings is 2. The molecule has 0 unspecified atom stereocenters. The predicted octanol–water partition coefficient (Wildman–Crippen LogP) is 3.87. The quantitative estimate of drug-likeness (QED) is 0.620. The fourth-order valence-electron chi connectivity index (χ4n) is 3.99.